The minimum atomic E-state index is -3.59. The number of hydrogen-bond acceptors (Lipinski definition) is 3. The van der Waals surface area contributed by atoms with E-state index in [1.807, 2.05) is 18.2 Å². The van der Waals surface area contributed by atoms with Gasteiger partial charge >= 0.3 is 10.2 Å². The quantitative estimate of drug-likeness (QED) is 0.791. The van der Waals surface area contributed by atoms with Gasteiger partial charge in [0.05, 0.1) is 5.52 Å². The molecule has 7 heteroatoms. The summed E-state index contributed by atoms with van der Waals surface area (Å²) in [7, 11) is -0.642. The van der Waals surface area contributed by atoms with E-state index in [9.17, 15) is 13.2 Å². The molecule has 0 saturated carbocycles. The largest absolute Gasteiger partial charge is 0.322 e. The van der Waals surface area contributed by atoms with Crippen molar-refractivity contribution in [2.75, 3.05) is 19.4 Å². The van der Waals surface area contributed by atoms with Crippen LogP contribution in [0.5, 0.6) is 0 Å². The molecule has 1 aromatic heterocycles. The zero-order valence-electron chi connectivity index (χ0n) is 13.3. The molecule has 0 spiro atoms. The van der Waals surface area contributed by atoms with Gasteiger partial charge in [-0.2, -0.15) is 12.7 Å². The molecule has 0 saturated heterocycles. The van der Waals surface area contributed by atoms with Crippen molar-refractivity contribution in [3.63, 3.8) is 0 Å². The normalized spacial score (nSPS) is 11.8. The number of anilines is 1. The number of carbonyl (C=O) groups is 1. The summed E-state index contributed by atoms with van der Waals surface area (Å²) >= 11 is 0. The van der Waals surface area contributed by atoms with E-state index in [1.54, 1.807) is 36.4 Å². The Bertz CT molecular complexity index is 992. The molecule has 0 fully saturated rings. The molecular weight excluding hydrogens is 326 g/mol. The van der Waals surface area contributed by atoms with Crippen LogP contribution >= 0.6 is 0 Å². The van der Waals surface area contributed by atoms with Gasteiger partial charge in [-0.1, -0.05) is 18.2 Å². The van der Waals surface area contributed by atoms with Gasteiger partial charge in [-0.15, -0.1) is 0 Å². The van der Waals surface area contributed by atoms with Crippen LogP contribution in [0.4, 0.5) is 5.69 Å². The molecule has 6 nitrogen and oxygen atoms in total. The Balaban J connectivity index is 1.95. The fourth-order valence-electron chi connectivity index (χ4n) is 2.36. The van der Waals surface area contributed by atoms with Crippen LogP contribution in [0.1, 0.15) is 10.4 Å². The summed E-state index contributed by atoms with van der Waals surface area (Å²) < 4.78 is 26.9. The van der Waals surface area contributed by atoms with Gasteiger partial charge in [0.2, 0.25) is 0 Å². The standard InChI is InChI=1S/C17H17N3O3S/c1-19(2)24(22,23)20-11-10-13-12-14(8-9-16(13)20)17(21)18-15-6-4-3-5-7-15/h3-12H,1-2H3,(H,18,21). The lowest BCUT2D eigenvalue weighted by molar-refractivity contribution is 0.102. The summed E-state index contributed by atoms with van der Waals surface area (Å²) in [5.74, 6) is -0.244. The van der Waals surface area contributed by atoms with Crippen molar-refractivity contribution < 1.29 is 13.2 Å². The van der Waals surface area contributed by atoms with Crippen LogP contribution in [0.2, 0.25) is 0 Å². The smallest absolute Gasteiger partial charge is 0.307 e. The molecule has 0 atom stereocenters. The van der Waals surface area contributed by atoms with Crippen molar-refractivity contribution in [3.05, 3.63) is 66.4 Å². The van der Waals surface area contributed by atoms with E-state index in [0.29, 0.717) is 22.2 Å². The summed E-state index contributed by atoms with van der Waals surface area (Å²) in [6.45, 7) is 0. The van der Waals surface area contributed by atoms with E-state index in [0.717, 1.165) is 4.31 Å². The van der Waals surface area contributed by atoms with E-state index in [-0.39, 0.29) is 5.91 Å². The summed E-state index contributed by atoms with van der Waals surface area (Å²) in [5.41, 5.74) is 1.70. The van der Waals surface area contributed by atoms with Gasteiger partial charge in [0.1, 0.15) is 0 Å². The third-order valence-corrected chi connectivity index (χ3v) is 5.40. The third-order valence-electron chi connectivity index (χ3n) is 3.66. The highest BCUT2D eigenvalue weighted by Crippen LogP contribution is 2.21. The van der Waals surface area contributed by atoms with Crippen LogP contribution in [0.25, 0.3) is 10.9 Å². The molecule has 1 N–H and O–H groups in total. The SMILES string of the molecule is CN(C)S(=O)(=O)n1ccc2cc(C(=O)Nc3ccccc3)ccc21. The van der Waals surface area contributed by atoms with E-state index >= 15 is 0 Å². The molecule has 0 aliphatic carbocycles. The molecule has 3 rings (SSSR count). The average Bonchev–Trinajstić information content (AvgIpc) is 2.99. The number of fused-ring (bicyclic) bond motifs is 1. The second kappa shape index (κ2) is 6.10. The topological polar surface area (TPSA) is 71.4 Å². The van der Waals surface area contributed by atoms with E-state index in [2.05, 4.69) is 5.32 Å². The molecule has 2 aromatic carbocycles. The fraction of sp³-hybridized carbons (Fsp3) is 0.118. The number of para-hydroxylation sites is 1. The Morgan fingerprint density at radius 1 is 1.04 bits per heavy atom. The lowest BCUT2D eigenvalue weighted by Gasteiger charge is -2.13. The van der Waals surface area contributed by atoms with Crippen LogP contribution < -0.4 is 5.32 Å². The van der Waals surface area contributed by atoms with Crippen LogP contribution in [-0.2, 0) is 10.2 Å². The van der Waals surface area contributed by atoms with Crippen LogP contribution in [0, 0.1) is 0 Å². The first kappa shape index (κ1) is 16.2. The Hall–Kier alpha value is -2.64. The minimum Gasteiger partial charge on any atom is -0.322 e. The third kappa shape index (κ3) is 2.91. The zero-order chi connectivity index (χ0) is 17.3. The summed E-state index contributed by atoms with van der Waals surface area (Å²) in [5, 5.41) is 3.49. The summed E-state index contributed by atoms with van der Waals surface area (Å²) in [6.07, 6.45) is 1.49. The lowest BCUT2D eigenvalue weighted by atomic mass is 10.1. The van der Waals surface area contributed by atoms with Gasteiger partial charge in [0, 0.05) is 36.9 Å². The molecule has 0 bridgehead atoms. The predicted octanol–water partition coefficient (Wildman–Crippen LogP) is 2.55. The average molecular weight is 343 g/mol. The van der Waals surface area contributed by atoms with Crippen LogP contribution in [0.3, 0.4) is 0 Å². The molecule has 0 aliphatic heterocycles. The molecule has 3 aromatic rings. The number of benzene rings is 2. The second-order valence-electron chi connectivity index (χ2n) is 5.50. The van der Waals surface area contributed by atoms with Crippen molar-refractivity contribution in [2.24, 2.45) is 0 Å². The van der Waals surface area contributed by atoms with Gasteiger partial charge in [-0.3, -0.25) is 4.79 Å². The number of hydrogen-bond donors (Lipinski definition) is 1. The van der Waals surface area contributed by atoms with Crippen LogP contribution in [0.15, 0.2) is 60.8 Å². The number of aromatic nitrogens is 1. The molecule has 0 aliphatic rings. The maximum atomic E-state index is 12.3. The fourth-order valence-corrected chi connectivity index (χ4v) is 3.34. The molecule has 24 heavy (non-hydrogen) atoms. The number of nitrogens with one attached hydrogen (secondary N) is 1. The first-order chi connectivity index (χ1) is 11.4. The Kier molecular flexibility index (Phi) is 4.13. The zero-order valence-corrected chi connectivity index (χ0v) is 14.1. The Morgan fingerprint density at radius 2 is 1.75 bits per heavy atom. The van der Waals surface area contributed by atoms with Crippen LogP contribution in [-0.4, -0.2) is 36.7 Å². The lowest BCUT2D eigenvalue weighted by Crippen LogP contribution is -2.28. The Labute approximate surface area is 140 Å². The van der Waals surface area contributed by atoms with Gasteiger partial charge in [0.15, 0.2) is 0 Å². The maximum Gasteiger partial charge on any atom is 0.307 e. The molecular formula is C17H17N3O3S. The van der Waals surface area contributed by atoms with Crippen molar-refractivity contribution in [2.45, 2.75) is 0 Å². The molecule has 0 radical (unpaired) electrons. The highest BCUT2D eigenvalue weighted by molar-refractivity contribution is 7.87. The first-order valence-electron chi connectivity index (χ1n) is 7.30. The van der Waals surface area contributed by atoms with Gasteiger partial charge in [-0.25, -0.2) is 3.97 Å². The van der Waals surface area contributed by atoms with Gasteiger partial charge in [0.25, 0.3) is 5.91 Å². The first-order valence-corrected chi connectivity index (χ1v) is 8.70. The highest BCUT2D eigenvalue weighted by Gasteiger charge is 2.18. The second-order valence-corrected chi connectivity index (χ2v) is 7.51. The monoisotopic (exact) mass is 343 g/mol. The van der Waals surface area contributed by atoms with Crippen molar-refractivity contribution in [1.29, 1.82) is 0 Å². The number of nitrogens with zero attached hydrogens (tertiary/aromatic N) is 2. The number of rotatable bonds is 4. The minimum absolute atomic E-state index is 0.244. The molecule has 1 amide bonds. The summed E-state index contributed by atoms with van der Waals surface area (Å²) in [4.78, 5) is 12.3. The van der Waals surface area contributed by atoms with E-state index in [1.165, 1.54) is 24.3 Å². The van der Waals surface area contributed by atoms with E-state index < -0.39 is 10.2 Å². The molecule has 0 unspecified atom stereocenters. The molecule has 1 heterocycles. The Morgan fingerprint density at radius 3 is 2.42 bits per heavy atom. The summed E-state index contributed by atoms with van der Waals surface area (Å²) in [6, 6.07) is 15.8. The highest BCUT2D eigenvalue weighted by atomic mass is 32.2. The van der Waals surface area contributed by atoms with Crippen molar-refractivity contribution in [3.8, 4) is 0 Å². The maximum absolute atomic E-state index is 12.3. The van der Waals surface area contributed by atoms with Gasteiger partial charge in [-0.05, 0) is 36.4 Å². The predicted molar refractivity (Wildman–Crippen MR) is 94.3 cm³/mol. The van der Waals surface area contributed by atoms with Crippen molar-refractivity contribution >= 4 is 32.7 Å². The number of amides is 1. The van der Waals surface area contributed by atoms with Crippen molar-refractivity contribution in [1.82, 2.24) is 8.28 Å². The van der Waals surface area contributed by atoms with Gasteiger partial charge < -0.3 is 5.32 Å². The number of carbonyl (C=O) groups excluding carboxylic acids is 1. The van der Waals surface area contributed by atoms with E-state index in [4.69, 9.17) is 0 Å². The molecule has 124 valence electrons.